The second-order valence-corrected chi connectivity index (χ2v) is 6.04. The maximum Gasteiger partial charge on any atom is 0.220 e. The summed E-state index contributed by atoms with van der Waals surface area (Å²) in [5.74, 6) is 0. The average molecular weight is 379 g/mol. The minimum absolute atomic E-state index is 0. The first-order valence-electron chi connectivity index (χ1n) is 9.18. The highest BCUT2D eigenvalue weighted by molar-refractivity contribution is 6.10. The molecule has 10 N–H and O–H groups in total. The van der Waals surface area contributed by atoms with Gasteiger partial charge in [0.2, 0.25) is 11.2 Å². The Morgan fingerprint density at radius 1 is 0.714 bits per heavy atom. The fraction of sp³-hybridized carbons (Fsp3) is 0.174. The summed E-state index contributed by atoms with van der Waals surface area (Å²) in [6.07, 6.45) is 0. The molecule has 148 valence electrons. The predicted molar refractivity (Wildman–Crippen MR) is 123 cm³/mol. The fourth-order valence-electron chi connectivity index (χ4n) is 3.49. The topological polar surface area (TPSA) is 126 Å². The van der Waals surface area contributed by atoms with E-state index in [0.29, 0.717) is 0 Å². The number of anilines is 2. The Morgan fingerprint density at radius 2 is 1.29 bits per heavy atom. The Labute approximate surface area is 167 Å². The molecule has 0 radical (unpaired) electrons. The van der Waals surface area contributed by atoms with Gasteiger partial charge in [0.1, 0.15) is 6.54 Å². The Balaban J connectivity index is 0.000000950. The van der Waals surface area contributed by atoms with Gasteiger partial charge in [-0.05, 0) is 43.3 Å². The molecule has 0 saturated heterocycles. The summed E-state index contributed by atoms with van der Waals surface area (Å²) < 4.78 is 2.32. The van der Waals surface area contributed by atoms with E-state index >= 15 is 0 Å². The van der Waals surface area contributed by atoms with Crippen molar-refractivity contribution in [3.63, 3.8) is 0 Å². The molecule has 28 heavy (non-hydrogen) atoms. The van der Waals surface area contributed by atoms with Crippen LogP contribution in [0.3, 0.4) is 0 Å². The van der Waals surface area contributed by atoms with Crippen LogP contribution in [0.2, 0.25) is 0 Å². The molecule has 0 fully saturated rings. The van der Waals surface area contributed by atoms with E-state index < -0.39 is 0 Å². The van der Waals surface area contributed by atoms with Crippen molar-refractivity contribution in [2.45, 2.75) is 27.3 Å². The highest BCUT2D eigenvalue weighted by Crippen LogP contribution is 2.33. The smallest absolute Gasteiger partial charge is 0.220 e. The summed E-state index contributed by atoms with van der Waals surface area (Å²) in [6.45, 7) is 7.02. The van der Waals surface area contributed by atoms with Crippen molar-refractivity contribution in [3.8, 4) is 11.3 Å². The summed E-state index contributed by atoms with van der Waals surface area (Å²) in [6, 6.07) is 22.7. The highest BCUT2D eigenvalue weighted by Gasteiger charge is 2.22. The summed E-state index contributed by atoms with van der Waals surface area (Å²) in [5.41, 5.74) is 17.2. The normalized spacial score (nSPS) is 9.82. The van der Waals surface area contributed by atoms with Crippen LogP contribution in [0.5, 0.6) is 0 Å². The summed E-state index contributed by atoms with van der Waals surface area (Å²) in [5, 5.41) is 3.56. The van der Waals surface area contributed by atoms with Gasteiger partial charge in [-0.1, -0.05) is 38.1 Å². The number of nitrogen functional groups attached to an aromatic ring is 2. The number of rotatable bonds is 2. The van der Waals surface area contributed by atoms with Crippen molar-refractivity contribution in [2.75, 3.05) is 11.5 Å². The molecule has 5 nitrogen and oxygen atoms in total. The summed E-state index contributed by atoms with van der Waals surface area (Å²) in [4.78, 5) is 0. The van der Waals surface area contributed by atoms with E-state index in [0.717, 1.165) is 23.4 Å². The number of hydrogen-bond donors (Lipinski definition) is 4. The first-order chi connectivity index (χ1) is 12.7. The van der Waals surface area contributed by atoms with Gasteiger partial charge in [0.15, 0.2) is 0 Å². The number of benzene rings is 3. The second kappa shape index (κ2) is 9.69. The second-order valence-electron chi connectivity index (χ2n) is 6.04. The van der Waals surface area contributed by atoms with Gasteiger partial charge < -0.3 is 23.8 Å². The molecule has 0 spiro atoms. The molecule has 0 saturated carbocycles. The van der Waals surface area contributed by atoms with Gasteiger partial charge in [-0.25, -0.2) is 0 Å². The minimum Gasteiger partial charge on any atom is -0.399 e. The van der Waals surface area contributed by atoms with Gasteiger partial charge in [0, 0.05) is 28.4 Å². The minimum atomic E-state index is 0. The molecule has 5 heteroatoms. The van der Waals surface area contributed by atoms with E-state index in [1.165, 1.54) is 27.4 Å². The van der Waals surface area contributed by atoms with E-state index in [1.807, 2.05) is 32.0 Å². The maximum atomic E-state index is 6.10. The van der Waals surface area contributed by atoms with Crippen LogP contribution in [0.4, 0.5) is 11.4 Å². The molecule has 4 rings (SSSR count). The van der Waals surface area contributed by atoms with Gasteiger partial charge in [0.25, 0.3) is 0 Å². The van der Waals surface area contributed by atoms with E-state index in [2.05, 4.69) is 60.0 Å². The molecular formula is C23H32N5+. The van der Waals surface area contributed by atoms with Crippen LogP contribution < -0.4 is 28.3 Å². The van der Waals surface area contributed by atoms with Crippen LogP contribution in [-0.4, -0.2) is 0 Å². The van der Waals surface area contributed by atoms with Gasteiger partial charge in [-0.2, -0.15) is 4.57 Å². The molecule has 1 aromatic heterocycles. The zero-order chi connectivity index (χ0) is 18.7. The lowest BCUT2D eigenvalue weighted by Crippen LogP contribution is -2.36. The van der Waals surface area contributed by atoms with Crippen LogP contribution in [0.1, 0.15) is 20.8 Å². The van der Waals surface area contributed by atoms with E-state index in [1.54, 1.807) is 0 Å². The predicted octanol–water partition coefficient (Wildman–Crippen LogP) is 5.48. The maximum absolute atomic E-state index is 6.10. The lowest BCUT2D eigenvalue weighted by molar-refractivity contribution is -0.655. The van der Waals surface area contributed by atoms with Crippen LogP contribution >= 0.6 is 0 Å². The molecule has 0 atom stereocenters. The Hall–Kier alpha value is -3.15. The van der Waals surface area contributed by atoms with Crippen LogP contribution in [0, 0.1) is 0 Å². The molecule has 0 aliphatic heterocycles. The van der Waals surface area contributed by atoms with Gasteiger partial charge in [0.05, 0.1) is 10.8 Å². The fourth-order valence-corrected chi connectivity index (χ4v) is 3.49. The largest absolute Gasteiger partial charge is 0.399 e. The van der Waals surface area contributed by atoms with Gasteiger partial charge in [-0.15, -0.1) is 0 Å². The van der Waals surface area contributed by atoms with E-state index in [9.17, 15) is 0 Å². The van der Waals surface area contributed by atoms with E-state index in [-0.39, 0.29) is 12.3 Å². The van der Waals surface area contributed by atoms with Crippen molar-refractivity contribution in [1.82, 2.24) is 12.3 Å². The van der Waals surface area contributed by atoms with Crippen molar-refractivity contribution in [1.29, 1.82) is 0 Å². The monoisotopic (exact) mass is 378 g/mol. The summed E-state index contributed by atoms with van der Waals surface area (Å²) >= 11 is 0. The lowest BCUT2D eigenvalue weighted by atomic mass is 9.98. The van der Waals surface area contributed by atoms with Crippen molar-refractivity contribution in [2.24, 2.45) is 0 Å². The van der Waals surface area contributed by atoms with Crippen molar-refractivity contribution < 1.29 is 4.57 Å². The number of nitrogens with two attached hydrogens (primary N) is 2. The third-order valence-electron chi connectivity index (χ3n) is 4.53. The average Bonchev–Trinajstić information content (AvgIpc) is 2.68. The van der Waals surface area contributed by atoms with Crippen molar-refractivity contribution in [3.05, 3.63) is 66.7 Å². The number of aryl methyl sites for hydroxylation is 1. The van der Waals surface area contributed by atoms with Crippen LogP contribution in [0.15, 0.2) is 66.7 Å². The Morgan fingerprint density at radius 3 is 1.89 bits per heavy atom. The molecular weight excluding hydrogens is 346 g/mol. The standard InChI is InChI=1S/C21H19N3.C2H6.2H3N/c1-2-24-20-13-16(23)9-11-18(20)17-10-8-15(22)12-19(17)21(24)14-6-4-3-5-7-14;1-2;;/h3-13,23H,2,22H2,1H3;1-2H3;2*1H3/p+1. The number of aromatic nitrogens is 1. The molecule has 0 bridgehead atoms. The first-order valence-corrected chi connectivity index (χ1v) is 9.18. The number of fused-ring (bicyclic) bond motifs is 3. The molecule has 0 unspecified atom stereocenters. The van der Waals surface area contributed by atoms with E-state index in [4.69, 9.17) is 11.5 Å². The molecule has 3 aromatic carbocycles. The zero-order valence-corrected chi connectivity index (χ0v) is 17.1. The molecule has 4 aromatic rings. The van der Waals surface area contributed by atoms with Crippen LogP contribution in [-0.2, 0) is 6.54 Å². The highest BCUT2D eigenvalue weighted by atomic mass is 15.0. The molecule has 0 amide bonds. The number of pyridine rings is 1. The van der Waals surface area contributed by atoms with Gasteiger partial charge >= 0.3 is 0 Å². The third-order valence-corrected chi connectivity index (χ3v) is 4.53. The molecule has 0 aliphatic rings. The van der Waals surface area contributed by atoms with Crippen LogP contribution in [0.25, 0.3) is 32.9 Å². The number of hydrogen-bond acceptors (Lipinski definition) is 4. The third kappa shape index (κ3) is 3.91. The first kappa shape index (κ1) is 22.9. The SMILES string of the molecule is CC.CC[n+]1c(-c2ccccc2)c2cc(N)ccc2c2ccc(N)cc21.N.N. The lowest BCUT2D eigenvalue weighted by Gasteiger charge is -2.12. The number of nitrogens with zero attached hydrogens (tertiary/aromatic N) is 1. The zero-order valence-electron chi connectivity index (χ0n) is 17.1. The summed E-state index contributed by atoms with van der Waals surface area (Å²) in [7, 11) is 0. The molecule has 0 aliphatic carbocycles. The van der Waals surface area contributed by atoms with Crippen molar-refractivity contribution >= 4 is 33.1 Å². The Kier molecular flexibility index (Phi) is 7.92. The quantitative estimate of drug-likeness (QED) is 0.209. The Bertz CT molecular complexity index is 1060. The molecule has 1 heterocycles. The van der Waals surface area contributed by atoms with Gasteiger partial charge in [-0.3, -0.25) is 0 Å².